The van der Waals surface area contributed by atoms with E-state index in [9.17, 15) is 14.4 Å². The Bertz CT molecular complexity index is 1040. The first-order valence-corrected chi connectivity index (χ1v) is 9.47. The van der Waals surface area contributed by atoms with Crippen LogP contribution in [-0.4, -0.2) is 53.0 Å². The molecule has 0 spiro atoms. The standard InChI is InChI=1S/C19H16N4O6S/c1-27-17(25)12-7-13(18(26)28-2)9-14(8-12)21-15(24)10-30-19-23-22-16(29-19)11-3-5-20-6-4-11/h3-9H,10H2,1-2H3,(H,21,24). The molecule has 1 N–H and O–H groups in total. The maximum absolute atomic E-state index is 12.3. The minimum absolute atomic E-state index is 0.0337. The second kappa shape index (κ2) is 9.65. The molecule has 1 amide bonds. The summed E-state index contributed by atoms with van der Waals surface area (Å²) in [5.41, 5.74) is 1.15. The van der Waals surface area contributed by atoms with Gasteiger partial charge in [0, 0.05) is 23.6 Å². The fraction of sp³-hybridized carbons (Fsp3) is 0.158. The zero-order chi connectivity index (χ0) is 21.5. The number of nitrogens with one attached hydrogen (secondary N) is 1. The van der Waals surface area contributed by atoms with Crippen LogP contribution < -0.4 is 5.32 Å². The molecule has 0 saturated carbocycles. The zero-order valence-electron chi connectivity index (χ0n) is 15.9. The number of pyridine rings is 1. The molecule has 10 nitrogen and oxygen atoms in total. The van der Waals surface area contributed by atoms with Crippen molar-refractivity contribution in [2.24, 2.45) is 0 Å². The highest BCUT2D eigenvalue weighted by Crippen LogP contribution is 2.23. The molecule has 0 unspecified atom stereocenters. The number of aromatic nitrogens is 3. The number of amides is 1. The van der Waals surface area contributed by atoms with Crippen LogP contribution in [0.1, 0.15) is 20.7 Å². The van der Waals surface area contributed by atoms with Gasteiger partial charge in [0.15, 0.2) is 0 Å². The van der Waals surface area contributed by atoms with Gasteiger partial charge in [0.1, 0.15) is 0 Å². The fourth-order valence-corrected chi connectivity index (χ4v) is 2.94. The Morgan fingerprint density at radius 2 is 1.63 bits per heavy atom. The number of methoxy groups -OCH3 is 2. The first-order valence-electron chi connectivity index (χ1n) is 8.48. The summed E-state index contributed by atoms with van der Waals surface area (Å²) < 4.78 is 14.8. The summed E-state index contributed by atoms with van der Waals surface area (Å²) in [7, 11) is 2.43. The van der Waals surface area contributed by atoms with Crippen molar-refractivity contribution in [2.75, 3.05) is 25.3 Å². The summed E-state index contributed by atoms with van der Waals surface area (Å²) in [5.74, 6) is -1.43. The third kappa shape index (κ3) is 5.20. The summed E-state index contributed by atoms with van der Waals surface area (Å²) in [6.07, 6.45) is 3.20. The van der Waals surface area contributed by atoms with Crippen molar-refractivity contribution in [1.29, 1.82) is 0 Å². The van der Waals surface area contributed by atoms with Crippen LogP contribution >= 0.6 is 11.8 Å². The number of hydrogen-bond donors (Lipinski definition) is 1. The van der Waals surface area contributed by atoms with Gasteiger partial charge in [-0.15, -0.1) is 10.2 Å². The molecule has 2 heterocycles. The van der Waals surface area contributed by atoms with E-state index in [0.29, 0.717) is 11.5 Å². The molecule has 0 radical (unpaired) electrons. The lowest BCUT2D eigenvalue weighted by atomic mass is 10.1. The van der Waals surface area contributed by atoms with E-state index in [-0.39, 0.29) is 27.8 Å². The summed E-state index contributed by atoms with van der Waals surface area (Å²) >= 11 is 1.04. The lowest BCUT2D eigenvalue weighted by molar-refractivity contribution is -0.113. The maximum atomic E-state index is 12.3. The SMILES string of the molecule is COC(=O)c1cc(NC(=O)CSc2nnc(-c3ccncc3)o2)cc(C(=O)OC)c1. The molecule has 0 bridgehead atoms. The van der Waals surface area contributed by atoms with Gasteiger partial charge in [-0.05, 0) is 30.3 Å². The first kappa shape index (κ1) is 21.0. The van der Waals surface area contributed by atoms with Crippen molar-refractivity contribution in [1.82, 2.24) is 15.2 Å². The Hall–Kier alpha value is -3.73. The predicted octanol–water partition coefficient (Wildman–Crippen LogP) is 2.44. The van der Waals surface area contributed by atoms with Gasteiger partial charge in [-0.3, -0.25) is 9.78 Å². The Labute approximate surface area is 175 Å². The van der Waals surface area contributed by atoms with Crippen LogP contribution in [0.25, 0.3) is 11.5 Å². The summed E-state index contributed by atoms with van der Waals surface area (Å²) in [6, 6.07) is 7.56. The molecule has 0 fully saturated rings. The normalized spacial score (nSPS) is 10.3. The minimum atomic E-state index is -0.653. The highest BCUT2D eigenvalue weighted by Gasteiger charge is 2.16. The summed E-state index contributed by atoms with van der Waals surface area (Å²) in [6.45, 7) is 0. The fourth-order valence-electron chi connectivity index (χ4n) is 2.37. The molecule has 2 aromatic heterocycles. The van der Waals surface area contributed by atoms with Gasteiger partial charge in [-0.25, -0.2) is 9.59 Å². The van der Waals surface area contributed by atoms with Gasteiger partial charge in [-0.1, -0.05) is 11.8 Å². The van der Waals surface area contributed by atoms with Crippen molar-refractivity contribution in [3.63, 3.8) is 0 Å². The molecule has 0 atom stereocenters. The Morgan fingerprint density at radius 1 is 1.00 bits per heavy atom. The van der Waals surface area contributed by atoms with Gasteiger partial charge in [-0.2, -0.15) is 0 Å². The number of thioether (sulfide) groups is 1. The zero-order valence-corrected chi connectivity index (χ0v) is 16.8. The molecule has 30 heavy (non-hydrogen) atoms. The lowest BCUT2D eigenvalue weighted by Gasteiger charge is -2.09. The van der Waals surface area contributed by atoms with Crippen molar-refractivity contribution < 1.29 is 28.3 Å². The van der Waals surface area contributed by atoms with Gasteiger partial charge < -0.3 is 19.2 Å². The topological polar surface area (TPSA) is 134 Å². The van der Waals surface area contributed by atoms with Crippen molar-refractivity contribution in [3.05, 3.63) is 53.9 Å². The number of ether oxygens (including phenoxy) is 2. The highest BCUT2D eigenvalue weighted by atomic mass is 32.2. The van der Waals surface area contributed by atoms with E-state index in [1.165, 1.54) is 32.4 Å². The molecule has 154 valence electrons. The number of nitrogens with zero attached hydrogens (tertiary/aromatic N) is 3. The number of carbonyl (C=O) groups excluding carboxylic acids is 3. The first-order chi connectivity index (χ1) is 14.5. The molecule has 0 aliphatic rings. The average molecular weight is 428 g/mol. The van der Waals surface area contributed by atoms with E-state index in [4.69, 9.17) is 4.42 Å². The van der Waals surface area contributed by atoms with E-state index in [1.807, 2.05) is 0 Å². The number of rotatable bonds is 7. The second-order valence-electron chi connectivity index (χ2n) is 5.73. The third-order valence-corrected chi connectivity index (χ3v) is 4.54. The Kier molecular flexibility index (Phi) is 6.75. The van der Waals surface area contributed by atoms with Crippen LogP contribution in [0.4, 0.5) is 5.69 Å². The number of benzene rings is 1. The van der Waals surface area contributed by atoms with Gasteiger partial charge in [0.25, 0.3) is 5.22 Å². The minimum Gasteiger partial charge on any atom is -0.465 e. The maximum Gasteiger partial charge on any atom is 0.337 e. The quantitative estimate of drug-likeness (QED) is 0.442. The van der Waals surface area contributed by atoms with Gasteiger partial charge in [0.05, 0.1) is 31.1 Å². The summed E-state index contributed by atoms with van der Waals surface area (Å²) in [5, 5.41) is 10.7. The summed E-state index contributed by atoms with van der Waals surface area (Å²) in [4.78, 5) is 39.9. The molecule has 0 aliphatic heterocycles. The largest absolute Gasteiger partial charge is 0.465 e. The van der Waals surface area contributed by atoms with E-state index in [0.717, 1.165) is 11.8 Å². The molecule has 1 aromatic carbocycles. The van der Waals surface area contributed by atoms with Crippen LogP contribution in [0, 0.1) is 0 Å². The second-order valence-corrected chi connectivity index (χ2v) is 6.65. The van der Waals surface area contributed by atoms with Gasteiger partial charge in [0.2, 0.25) is 11.8 Å². The van der Waals surface area contributed by atoms with E-state index >= 15 is 0 Å². The van der Waals surface area contributed by atoms with E-state index < -0.39 is 17.8 Å². The van der Waals surface area contributed by atoms with Crippen molar-refractivity contribution in [2.45, 2.75) is 5.22 Å². The molecule has 3 aromatic rings. The molecular weight excluding hydrogens is 412 g/mol. The number of esters is 2. The monoisotopic (exact) mass is 428 g/mol. The van der Waals surface area contributed by atoms with Crippen LogP contribution in [0.5, 0.6) is 0 Å². The molecule has 3 rings (SSSR count). The smallest absolute Gasteiger partial charge is 0.337 e. The predicted molar refractivity (Wildman–Crippen MR) is 106 cm³/mol. The highest BCUT2D eigenvalue weighted by molar-refractivity contribution is 7.99. The lowest BCUT2D eigenvalue weighted by Crippen LogP contribution is -2.16. The Balaban J connectivity index is 1.66. The van der Waals surface area contributed by atoms with Crippen molar-refractivity contribution in [3.8, 4) is 11.5 Å². The number of anilines is 1. The van der Waals surface area contributed by atoms with Crippen molar-refractivity contribution >= 4 is 35.3 Å². The van der Waals surface area contributed by atoms with E-state index in [1.54, 1.807) is 24.5 Å². The molecular formula is C19H16N4O6S. The molecule has 0 saturated heterocycles. The molecule has 11 heteroatoms. The Morgan fingerprint density at radius 3 is 2.23 bits per heavy atom. The van der Waals surface area contributed by atoms with Crippen LogP contribution in [0.2, 0.25) is 0 Å². The van der Waals surface area contributed by atoms with Crippen LogP contribution in [0.15, 0.2) is 52.4 Å². The number of hydrogen-bond acceptors (Lipinski definition) is 10. The average Bonchev–Trinajstić information content (AvgIpc) is 3.26. The van der Waals surface area contributed by atoms with Crippen LogP contribution in [0.3, 0.4) is 0 Å². The van der Waals surface area contributed by atoms with Gasteiger partial charge >= 0.3 is 11.9 Å². The molecule has 0 aliphatic carbocycles. The van der Waals surface area contributed by atoms with Crippen LogP contribution in [-0.2, 0) is 14.3 Å². The van der Waals surface area contributed by atoms with E-state index in [2.05, 4.69) is 30.0 Å². The number of carbonyl (C=O) groups is 3. The third-order valence-electron chi connectivity index (χ3n) is 3.72.